The third-order valence-electron chi connectivity index (χ3n) is 4.67. The molecule has 1 unspecified atom stereocenters. The highest BCUT2D eigenvalue weighted by Gasteiger charge is 2.64. The summed E-state index contributed by atoms with van der Waals surface area (Å²) in [7, 11) is 0. The molecule has 4 aliphatic rings. The number of carbonyl (C=O) groups excluding carboxylic acids is 1. The van der Waals surface area contributed by atoms with E-state index in [9.17, 15) is 13.6 Å². The van der Waals surface area contributed by atoms with E-state index in [0.29, 0.717) is 5.92 Å². The molecule has 0 radical (unpaired) electrons. The maximum Gasteiger partial charge on any atom is 0.407 e. The second-order valence-corrected chi connectivity index (χ2v) is 7.56. The molecule has 3 saturated carbocycles. The van der Waals surface area contributed by atoms with Crippen LogP contribution in [-0.4, -0.2) is 47.2 Å². The number of amides is 1. The summed E-state index contributed by atoms with van der Waals surface area (Å²) in [5.41, 5.74) is -0.602. The fraction of sp³-hybridized carbons (Fsp3) is 0.929. The van der Waals surface area contributed by atoms with Crippen LogP contribution in [0.3, 0.4) is 0 Å². The molecule has 0 spiro atoms. The molecule has 4 rings (SSSR count). The summed E-state index contributed by atoms with van der Waals surface area (Å²) in [5, 5.41) is 2.90. The smallest absolute Gasteiger partial charge is 0.407 e. The quantitative estimate of drug-likeness (QED) is 0.848. The lowest BCUT2D eigenvalue weighted by molar-refractivity contribution is -0.182. The molecule has 0 aromatic heterocycles. The van der Waals surface area contributed by atoms with E-state index in [4.69, 9.17) is 4.74 Å². The second kappa shape index (κ2) is 4.06. The summed E-state index contributed by atoms with van der Waals surface area (Å²) in [6, 6.07) is 0.0686. The van der Waals surface area contributed by atoms with Crippen molar-refractivity contribution in [2.45, 2.75) is 63.1 Å². The second-order valence-electron chi connectivity index (χ2n) is 7.56. The van der Waals surface area contributed by atoms with E-state index in [0.717, 1.165) is 19.3 Å². The highest BCUT2D eigenvalue weighted by molar-refractivity contribution is 5.68. The molecule has 2 bridgehead atoms. The van der Waals surface area contributed by atoms with E-state index in [1.54, 1.807) is 0 Å². The average Bonchev–Trinajstić information content (AvgIpc) is 2.63. The van der Waals surface area contributed by atoms with E-state index in [1.807, 2.05) is 25.7 Å². The molecule has 20 heavy (non-hydrogen) atoms. The molecule has 0 aromatic rings. The molecule has 1 atom stereocenters. The van der Waals surface area contributed by atoms with Gasteiger partial charge in [-0.1, -0.05) is 0 Å². The number of nitrogens with one attached hydrogen (secondary N) is 1. The van der Waals surface area contributed by atoms with E-state index in [-0.39, 0.29) is 24.7 Å². The Balaban J connectivity index is 1.52. The first-order valence-electron chi connectivity index (χ1n) is 7.21. The van der Waals surface area contributed by atoms with Crippen LogP contribution >= 0.6 is 0 Å². The number of likely N-dealkylation sites (tertiary alicyclic amines) is 1. The van der Waals surface area contributed by atoms with Crippen LogP contribution in [0.15, 0.2) is 0 Å². The van der Waals surface area contributed by atoms with Crippen LogP contribution in [0.25, 0.3) is 0 Å². The largest absolute Gasteiger partial charge is 0.444 e. The van der Waals surface area contributed by atoms with Gasteiger partial charge in [0.1, 0.15) is 5.60 Å². The molecule has 0 aromatic carbocycles. The van der Waals surface area contributed by atoms with Gasteiger partial charge in [0, 0.05) is 11.6 Å². The maximum atomic E-state index is 13.0. The Kier molecular flexibility index (Phi) is 2.85. The van der Waals surface area contributed by atoms with Gasteiger partial charge in [0.15, 0.2) is 0 Å². The van der Waals surface area contributed by atoms with Crippen molar-refractivity contribution in [2.24, 2.45) is 5.92 Å². The van der Waals surface area contributed by atoms with Crippen LogP contribution < -0.4 is 5.32 Å². The lowest BCUT2D eigenvalue weighted by Gasteiger charge is -2.54. The van der Waals surface area contributed by atoms with Gasteiger partial charge in [-0.05, 0) is 46.0 Å². The fourth-order valence-electron chi connectivity index (χ4n) is 3.81. The van der Waals surface area contributed by atoms with Crippen LogP contribution in [0, 0.1) is 5.92 Å². The zero-order valence-corrected chi connectivity index (χ0v) is 12.2. The molecular formula is C14H22F2N2O2. The highest BCUT2D eigenvalue weighted by Crippen LogP contribution is 2.57. The Hall–Kier alpha value is -0.910. The summed E-state index contributed by atoms with van der Waals surface area (Å²) in [6.07, 6.45) is 2.21. The first-order valence-corrected chi connectivity index (χ1v) is 7.21. The third kappa shape index (κ3) is 2.38. The topological polar surface area (TPSA) is 41.6 Å². The van der Waals surface area contributed by atoms with Crippen molar-refractivity contribution in [2.75, 3.05) is 13.1 Å². The molecule has 3 aliphatic carbocycles. The summed E-state index contributed by atoms with van der Waals surface area (Å²) < 4.78 is 31.2. The van der Waals surface area contributed by atoms with Gasteiger partial charge < -0.3 is 10.1 Å². The van der Waals surface area contributed by atoms with Crippen LogP contribution in [0.5, 0.6) is 0 Å². The average molecular weight is 288 g/mol. The number of carbonyl (C=O) groups is 1. The van der Waals surface area contributed by atoms with Crippen molar-refractivity contribution in [1.29, 1.82) is 0 Å². The number of nitrogens with zero attached hydrogens (tertiary/aromatic N) is 1. The van der Waals surface area contributed by atoms with Crippen LogP contribution in [0.2, 0.25) is 0 Å². The number of fused-ring (bicyclic) bond motifs is 1. The van der Waals surface area contributed by atoms with Crippen molar-refractivity contribution in [1.82, 2.24) is 10.2 Å². The summed E-state index contributed by atoms with van der Waals surface area (Å²) >= 11 is 0. The summed E-state index contributed by atoms with van der Waals surface area (Å²) in [4.78, 5) is 13.7. The molecule has 1 N–H and O–H groups in total. The number of ether oxygens (including phenoxy) is 1. The lowest BCUT2D eigenvalue weighted by atomic mass is 9.74. The van der Waals surface area contributed by atoms with Crippen molar-refractivity contribution in [3.05, 3.63) is 0 Å². The molecule has 1 saturated heterocycles. The Labute approximate surface area is 117 Å². The molecule has 114 valence electrons. The van der Waals surface area contributed by atoms with Crippen molar-refractivity contribution >= 4 is 6.09 Å². The van der Waals surface area contributed by atoms with E-state index in [1.165, 1.54) is 0 Å². The molecule has 1 amide bonds. The minimum Gasteiger partial charge on any atom is -0.444 e. The molecular weight excluding hydrogens is 266 g/mol. The predicted octanol–water partition coefficient (Wildman–Crippen LogP) is 2.38. The normalized spacial score (nSPS) is 38.9. The number of hydrogen-bond donors (Lipinski definition) is 1. The minimum absolute atomic E-state index is 0.0686. The number of halogens is 2. The van der Waals surface area contributed by atoms with E-state index in [2.05, 4.69) is 5.32 Å². The molecule has 6 heteroatoms. The zero-order chi connectivity index (χ0) is 14.8. The van der Waals surface area contributed by atoms with Gasteiger partial charge in [0.05, 0.1) is 13.1 Å². The first kappa shape index (κ1) is 14.0. The Bertz CT molecular complexity index is 419. The minimum atomic E-state index is -2.52. The number of hydrogen-bond acceptors (Lipinski definition) is 3. The SMILES string of the molecule is CC(C)(C)OC(=O)NC1CC2(N3CC(F)(F)C3)CC1C2. The predicted molar refractivity (Wildman–Crippen MR) is 69.7 cm³/mol. The number of rotatable bonds is 2. The molecule has 1 aliphatic heterocycles. The standard InChI is InChI=1S/C14H22F2N2O2/c1-12(2,3)20-11(19)17-10-6-13(4-9(10)5-13)18-7-14(15,16)8-18/h9-10H,4-8H2,1-3H3,(H,17,19). The van der Waals surface area contributed by atoms with Crippen molar-refractivity contribution < 1.29 is 18.3 Å². The van der Waals surface area contributed by atoms with Gasteiger partial charge in [-0.25, -0.2) is 13.6 Å². The van der Waals surface area contributed by atoms with Crippen LogP contribution in [0.4, 0.5) is 13.6 Å². The monoisotopic (exact) mass is 288 g/mol. The fourth-order valence-corrected chi connectivity index (χ4v) is 3.81. The number of alkyl halides is 2. The van der Waals surface area contributed by atoms with Crippen molar-refractivity contribution in [3.8, 4) is 0 Å². The highest BCUT2D eigenvalue weighted by atomic mass is 19.3. The Morgan fingerprint density at radius 3 is 2.35 bits per heavy atom. The summed E-state index contributed by atoms with van der Waals surface area (Å²) in [5.74, 6) is -2.10. The lowest BCUT2D eigenvalue weighted by Crippen LogP contribution is -2.67. The first-order chi connectivity index (χ1) is 9.09. The van der Waals surface area contributed by atoms with Crippen LogP contribution in [-0.2, 0) is 4.74 Å². The van der Waals surface area contributed by atoms with Gasteiger partial charge in [-0.2, -0.15) is 0 Å². The molecule has 1 heterocycles. The van der Waals surface area contributed by atoms with Crippen LogP contribution in [0.1, 0.15) is 40.0 Å². The van der Waals surface area contributed by atoms with Gasteiger partial charge in [0.25, 0.3) is 5.92 Å². The molecule has 4 fully saturated rings. The van der Waals surface area contributed by atoms with Gasteiger partial charge >= 0.3 is 6.09 Å². The Morgan fingerprint density at radius 1 is 1.25 bits per heavy atom. The van der Waals surface area contributed by atoms with Crippen molar-refractivity contribution in [3.63, 3.8) is 0 Å². The Morgan fingerprint density at radius 2 is 1.85 bits per heavy atom. The van der Waals surface area contributed by atoms with Gasteiger partial charge in [-0.15, -0.1) is 0 Å². The molecule has 4 nitrogen and oxygen atoms in total. The third-order valence-corrected chi connectivity index (χ3v) is 4.67. The zero-order valence-electron chi connectivity index (χ0n) is 12.2. The summed E-state index contributed by atoms with van der Waals surface area (Å²) in [6.45, 7) is 5.22. The van der Waals surface area contributed by atoms with E-state index < -0.39 is 17.6 Å². The van der Waals surface area contributed by atoms with Gasteiger partial charge in [-0.3, -0.25) is 4.90 Å². The maximum absolute atomic E-state index is 13.0. The van der Waals surface area contributed by atoms with Gasteiger partial charge in [0.2, 0.25) is 0 Å². The van der Waals surface area contributed by atoms with E-state index >= 15 is 0 Å². The number of alkyl carbamates (subject to hydrolysis) is 1.